The Morgan fingerprint density at radius 3 is 2.72 bits per heavy atom. The molecular weight excluding hydrogens is 226 g/mol. The standard InChI is InChI=1S/C14H15N3O/c1-4-12-16-11-5-9(2)7-15-14(11)17(12)13-6-10(3)8-18-13/h5-8H,4H2,1-3H3. The zero-order chi connectivity index (χ0) is 12.7. The van der Waals surface area contributed by atoms with E-state index in [2.05, 4.69) is 16.9 Å². The van der Waals surface area contributed by atoms with Gasteiger partial charge in [-0.25, -0.2) is 14.5 Å². The second-order valence-corrected chi connectivity index (χ2v) is 4.53. The molecule has 4 heteroatoms. The lowest BCUT2D eigenvalue weighted by Crippen LogP contribution is -1.99. The normalized spacial score (nSPS) is 11.3. The van der Waals surface area contributed by atoms with Crippen molar-refractivity contribution in [1.82, 2.24) is 14.5 Å². The Morgan fingerprint density at radius 2 is 2.06 bits per heavy atom. The molecular formula is C14H15N3O. The fraction of sp³-hybridized carbons (Fsp3) is 0.286. The van der Waals surface area contributed by atoms with Crippen LogP contribution in [0.25, 0.3) is 17.0 Å². The van der Waals surface area contributed by atoms with Gasteiger partial charge in [0.1, 0.15) is 11.3 Å². The molecule has 0 aliphatic heterocycles. The fourth-order valence-corrected chi connectivity index (χ4v) is 2.11. The zero-order valence-electron chi connectivity index (χ0n) is 10.8. The summed E-state index contributed by atoms with van der Waals surface area (Å²) in [4.78, 5) is 9.09. The van der Waals surface area contributed by atoms with Gasteiger partial charge in [-0.15, -0.1) is 0 Å². The smallest absolute Gasteiger partial charge is 0.206 e. The molecule has 0 fully saturated rings. The quantitative estimate of drug-likeness (QED) is 0.692. The van der Waals surface area contributed by atoms with Crippen molar-refractivity contribution < 1.29 is 4.42 Å². The van der Waals surface area contributed by atoms with Crippen molar-refractivity contribution in [2.45, 2.75) is 27.2 Å². The van der Waals surface area contributed by atoms with E-state index in [1.165, 1.54) is 0 Å². The maximum atomic E-state index is 5.57. The molecule has 0 saturated carbocycles. The van der Waals surface area contributed by atoms with Crippen LogP contribution in [0, 0.1) is 13.8 Å². The Hall–Kier alpha value is -2.10. The maximum Gasteiger partial charge on any atom is 0.206 e. The highest BCUT2D eigenvalue weighted by Gasteiger charge is 2.14. The number of aryl methyl sites for hydroxylation is 3. The van der Waals surface area contributed by atoms with Gasteiger partial charge in [0.15, 0.2) is 5.65 Å². The summed E-state index contributed by atoms with van der Waals surface area (Å²) in [5, 5.41) is 0. The average molecular weight is 241 g/mol. The van der Waals surface area contributed by atoms with Gasteiger partial charge in [-0.3, -0.25) is 0 Å². The molecule has 0 N–H and O–H groups in total. The van der Waals surface area contributed by atoms with E-state index in [4.69, 9.17) is 4.42 Å². The number of furan rings is 1. The molecule has 4 nitrogen and oxygen atoms in total. The molecule has 18 heavy (non-hydrogen) atoms. The molecule has 0 spiro atoms. The molecule has 0 unspecified atom stereocenters. The van der Waals surface area contributed by atoms with Crippen LogP contribution in [0.15, 0.2) is 29.0 Å². The van der Waals surface area contributed by atoms with Gasteiger partial charge in [-0.05, 0) is 31.0 Å². The van der Waals surface area contributed by atoms with Crippen LogP contribution >= 0.6 is 0 Å². The summed E-state index contributed by atoms with van der Waals surface area (Å²) < 4.78 is 7.56. The summed E-state index contributed by atoms with van der Waals surface area (Å²) >= 11 is 0. The third kappa shape index (κ3) is 1.61. The van der Waals surface area contributed by atoms with Crippen molar-refractivity contribution in [2.24, 2.45) is 0 Å². The van der Waals surface area contributed by atoms with Crippen LogP contribution < -0.4 is 0 Å². The minimum Gasteiger partial charge on any atom is -0.448 e. The maximum absolute atomic E-state index is 5.57. The molecule has 92 valence electrons. The predicted octanol–water partition coefficient (Wildman–Crippen LogP) is 3.19. The Morgan fingerprint density at radius 1 is 1.22 bits per heavy atom. The first kappa shape index (κ1) is 11.0. The van der Waals surface area contributed by atoms with Gasteiger partial charge < -0.3 is 4.42 Å². The fourth-order valence-electron chi connectivity index (χ4n) is 2.11. The predicted molar refractivity (Wildman–Crippen MR) is 70.0 cm³/mol. The number of hydrogen-bond acceptors (Lipinski definition) is 3. The van der Waals surface area contributed by atoms with E-state index in [1.807, 2.05) is 36.7 Å². The second-order valence-electron chi connectivity index (χ2n) is 4.53. The topological polar surface area (TPSA) is 43.9 Å². The molecule has 0 atom stereocenters. The first-order valence-electron chi connectivity index (χ1n) is 6.08. The SMILES string of the molecule is CCc1nc2cc(C)cnc2n1-c1cc(C)co1. The van der Waals surface area contributed by atoms with Gasteiger partial charge in [-0.1, -0.05) is 6.92 Å². The second kappa shape index (κ2) is 3.98. The Labute approximate surface area is 105 Å². The average Bonchev–Trinajstić information content (AvgIpc) is 2.91. The van der Waals surface area contributed by atoms with Gasteiger partial charge >= 0.3 is 0 Å². The molecule has 3 aromatic rings. The summed E-state index contributed by atoms with van der Waals surface area (Å²) in [7, 11) is 0. The number of pyridine rings is 1. The lowest BCUT2D eigenvalue weighted by atomic mass is 10.3. The van der Waals surface area contributed by atoms with E-state index < -0.39 is 0 Å². The number of imidazole rings is 1. The number of nitrogens with zero attached hydrogens (tertiary/aromatic N) is 3. The van der Waals surface area contributed by atoms with Gasteiger partial charge in [0.25, 0.3) is 0 Å². The number of hydrogen-bond donors (Lipinski definition) is 0. The minimum atomic E-state index is 0.781. The van der Waals surface area contributed by atoms with Crippen molar-refractivity contribution in [3.8, 4) is 5.88 Å². The van der Waals surface area contributed by atoms with Crippen LogP contribution in [0.5, 0.6) is 0 Å². The molecule has 0 aliphatic carbocycles. The Bertz CT molecular complexity index is 709. The van der Waals surface area contributed by atoms with E-state index in [-0.39, 0.29) is 0 Å². The molecule has 0 bridgehead atoms. The van der Waals surface area contributed by atoms with Crippen LogP contribution in [-0.2, 0) is 6.42 Å². The van der Waals surface area contributed by atoms with Crippen molar-refractivity contribution in [2.75, 3.05) is 0 Å². The third-order valence-electron chi connectivity index (χ3n) is 2.96. The summed E-state index contributed by atoms with van der Waals surface area (Å²) in [5.41, 5.74) is 3.99. The van der Waals surface area contributed by atoms with Crippen LogP contribution in [0.3, 0.4) is 0 Å². The molecule has 0 amide bonds. The van der Waals surface area contributed by atoms with Gasteiger partial charge in [0, 0.05) is 18.7 Å². The molecule has 0 aromatic carbocycles. The highest BCUT2D eigenvalue weighted by atomic mass is 16.3. The first-order valence-corrected chi connectivity index (χ1v) is 6.08. The van der Waals surface area contributed by atoms with E-state index >= 15 is 0 Å². The highest BCUT2D eigenvalue weighted by molar-refractivity contribution is 5.74. The van der Waals surface area contributed by atoms with E-state index in [0.717, 1.165) is 40.4 Å². The summed E-state index contributed by atoms with van der Waals surface area (Å²) in [6.07, 6.45) is 4.44. The lowest BCUT2D eigenvalue weighted by Gasteiger charge is -2.02. The highest BCUT2D eigenvalue weighted by Crippen LogP contribution is 2.22. The van der Waals surface area contributed by atoms with Crippen molar-refractivity contribution in [3.63, 3.8) is 0 Å². The summed E-state index contributed by atoms with van der Waals surface area (Å²) in [6.45, 7) is 6.11. The summed E-state index contributed by atoms with van der Waals surface area (Å²) in [5.74, 6) is 1.75. The molecule has 0 saturated heterocycles. The van der Waals surface area contributed by atoms with Gasteiger partial charge in [-0.2, -0.15) is 0 Å². The van der Waals surface area contributed by atoms with Crippen LogP contribution in [-0.4, -0.2) is 14.5 Å². The zero-order valence-corrected chi connectivity index (χ0v) is 10.8. The third-order valence-corrected chi connectivity index (χ3v) is 2.96. The van der Waals surface area contributed by atoms with E-state index in [1.54, 1.807) is 6.26 Å². The molecule has 3 heterocycles. The van der Waals surface area contributed by atoms with Crippen molar-refractivity contribution >= 4 is 11.2 Å². The molecule has 3 aromatic heterocycles. The van der Waals surface area contributed by atoms with E-state index in [0.29, 0.717) is 0 Å². The number of rotatable bonds is 2. The monoisotopic (exact) mass is 241 g/mol. The van der Waals surface area contributed by atoms with Crippen molar-refractivity contribution in [3.05, 3.63) is 41.5 Å². The van der Waals surface area contributed by atoms with Crippen molar-refractivity contribution in [1.29, 1.82) is 0 Å². The number of aromatic nitrogens is 3. The van der Waals surface area contributed by atoms with Crippen LogP contribution in [0.4, 0.5) is 0 Å². The largest absolute Gasteiger partial charge is 0.448 e. The first-order chi connectivity index (χ1) is 8.69. The minimum absolute atomic E-state index is 0.781. The summed E-state index contributed by atoms with van der Waals surface area (Å²) in [6, 6.07) is 4.05. The molecule has 3 rings (SSSR count). The van der Waals surface area contributed by atoms with Crippen LogP contribution in [0.2, 0.25) is 0 Å². The van der Waals surface area contributed by atoms with Crippen LogP contribution in [0.1, 0.15) is 23.9 Å². The Balaban J connectivity index is 2.32. The van der Waals surface area contributed by atoms with Gasteiger partial charge in [0.2, 0.25) is 5.88 Å². The Kier molecular flexibility index (Phi) is 2.44. The van der Waals surface area contributed by atoms with Gasteiger partial charge in [0.05, 0.1) is 6.26 Å². The number of fused-ring (bicyclic) bond motifs is 1. The molecule has 0 aliphatic rings. The van der Waals surface area contributed by atoms with E-state index in [9.17, 15) is 0 Å². The lowest BCUT2D eigenvalue weighted by molar-refractivity contribution is 0.534. The molecule has 0 radical (unpaired) electrons.